The first-order valence-electron chi connectivity index (χ1n) is 11.3. The zero-order valence-electron chi connectivity index (χ0n) is 18.7. The lowest BCUT2D eigenvalue weighted by molar-refractivity contribution is -0.127. The Hall–Kier alpha value is -3.01. The summed E-state index contributed by atoms with van der Waals surface area (Å²) in [6, 6.07) is 22.5. The van der Waals surface area contributed by atoms with E-state index in [9.17, 15) is 4.79 Å². The van der Waals surface area contributed by atoms with Crippen LogP contribution >= 0.6 is 0 Å². The Morgan fingerprint density at radius 3 is 2.39 bits per heavy atom. The first kappa shape index (κ1) is 21.2. The summed E-state index contributed by atoms with van der Waals surface area (Å²) < 4.78 is 6.01. The standard InChI is InChI=1S/C27H32N2O2/c1-19-15-17-29(18-16-19)24-13-11-22(12-14-24)20(2)28-27(30)21(3)31-26-10-6-8-23-7-4-5-9-25(23)26/h4-14,19-21H,15-18H2,1-3H3,(H,28,30)/t20-,21-/m0/s1. The Kier molecular flexibility index (Phi) is 6.45. The number of rotatable bonds is 6. The molecule has 162 valence electrons. The molecule has 1 fully saturated rings. The molecule has 31 heavy (non-hydrogen) atoms. The monoisotopic (exact) mass is 416 g/mol. The molecule has 3 aromatic rings. The zero-order chi connectivity index (χ0) is 21.8. The molecule has 0 spiro atoms. The molecule has 2 atom stereocenters. The van der Waals surface area contributed by atoms with E-state index in [2.05, 4.69) is 41.4 Å². The molecule has 1 aliphatic rings. The Morgan fingerprint density at radius 2 is 1.65 bits per heavy atom. The third-order valence-electron chi connectivity index (χ3n) is 6.32. The summed E-state index contributed by atoms with van der Waals surface area (Å²) in [4.78, 5) is 15.2. The van der Waals surface area contributed by atoms with Gasteiger partial charge in [0.2, 0.25) is 0 Å². The lowest BCUT2D eigenvalue weighted by Crippen LogP contribution is -2.37. The summed E-state index contributed by atoms with van der Waals surface area (Å²) in [5.41, 5.74) is 2.36. The highest BCUT2D eigenvalue weighted by Gasteiger charge is 2.20. The highest BCUT2D eigenvalue weighted by molar-refractivity contribution is 5.89. The molecule has 1 N–H and O–H groups in total. The summed E-state index contributed by atoms with van der Waals surface area (Å²) in [6.45, 7) is 8.38. The van der Waals surface area contributed by atoms with Crippen LogP contribution in [0.25, 0.3) is 10.8 Å². The molecule has 4 heteroatoms. The fourth-order valence-corrected chi connectivity index (χ4v) is 4.20. The number of benzene rings is 3. The number of nitrogens with one attached hydrogen (secondary N) is 1. The molecular formula is C27H32N2O2. The lowest BCUT2D eigenvalue weighted by Gasteiger charge is -2.32. The average molecular weight is 417 g/mol. The largest absolute Gasteiger partial charge is 0.480 e. The van der Waals surface area contributed by atoms with Gasteiger partial charge in [0.15, 0.2) is 6.10 Å². The Morgan fingerprint density at radius 1 is 0.968 bits per heavy atom. The van der Waals surface area contributed by atoms with Gasteiger partial charge in [0, 0.05) is 24.2 Å². The number of anilines is 1. The van der Waals surface area contributed by atoms with E-state index < -0.39 is 6.10 Å². The lowest BCUT2D eigenvalue weighted by atomic mass is 9.98. The molecule has 1 amide bonds. The van der Waals surface area contributed by atoms with E-state index in [4.69, 9.17) is 4.74 Å². The first-order valence-corrected chi connectivity index (χ1v) is 11.3. The number of hydrogen-bond acceptors (Lipinski definition) is 3. The average Bonchev–Trinajstić information content (AvgIpc) is 2.80. The molecular weight excluding hydrogens is 384 g/mol. The van der Waals surface area contributed by atoms with Gasteiger partial charge in [-0.2, -0.15) is 0 Å². The van der Waals surface area contributed by atoms with Crippen molar-refractivity contribution in [1.29, 1.82) is 0 Å². The second-order valence-electron chi connectivity index (χ2n) is 8.73. The number of carbonyl (C=O) groups is 1. The van der Waals surface area contributed by atoms with Crippen molar-refractivity contribution in [1.82, 2.24) is 5.32 Å². The third-order valence-corrected chi connectivity index (χ3v) is 6.32. The van der Waals surface area contributed by atoms with Crippen LogP contribution in [0.4, 0.5) is 5.69 Å². The Labute approximate surface area is 185 Å². The predicted octanol–water partition coefficient (Wildman–Crippen LogP) is 5.72. The van der Waals surface area contributed by atoms with E-state index in [1.807, 2.05) is 49.4 Å². The normalized spacial score (nSPS) is 16.7. The molecule has 0 unspecified atom stereocenters. The minimum atomic E-state index is -0.581. The van der Waals surface area contributed by atoms with Crippen LogP contribution in [0, 0.1) is 5.92 Å². The van der Waals surface area contributed by atoms with Crippen molar-refractivity contribution in [2.24, 2.45) is 5.92 Å². The van der Waals surface area contributed by atoms with E-state index in [1.54, 1.807) is 6.92 Å². The number of amides is 1. The molecule has 0 radical (unpaired) electrons. The smallest absolute Gasteiger partial charge is 0.261 e. The summed E-state index contributed by atoms with van der Waals surface area (Å²) in [5.74, 6) is 1.44. The van der Waals surface area contributed by atoms with Gasteiger partial charge in [-0.3, -0.25) is 4.79 Å². The molecule has 1 heterocycles. The maximum Gasteiger partial charge on any atom is 0.261 e. The van der Waals surface area contributed by atoms with Crippen LogP contribution in [0.15, 0.2) is 66.7 Å². The SMILES string of the molecule is CC1CCN(c2ccc([C@H](C)NC(=O)[C@H](C)Oc3cccc4ccccc34)cc2)CC1. The van der Waals surface area contributed by atoms with Crippen LogP contribution < -0.4 is 15.0 Å². The maximum atomic E-state index is 12.8. The van der Waals surface area contributed by atoms with Gasteiger partial charge in [-0.15, -0.1) is 0 Å². The van der Waals surface area contributed by atoms with Gasteiger partial charge in [0.1, 0.15) is 5.75 Å². The van der Waals surface area contributed by atoms with Crippen molar-refractivity contribution in [3.8, 4) is 5.75 Å². The highest BCUT2D eigenvalue weighted by Crippen LogP contribution is 2.27. The molecule has 1 saturated heterocycles. The highest BCUT2D eigenvalue weighted by atomic mass is 16.5. The minimum Gasteiger partial charge on any atom is -0.480 e. The van der Waals surface area contributed by atoms with Crippen LogP contribution in [-0.4, -0.2) is 25.1 Å². The van der Waals surface area contributed by atoms with Crippen LogP contribution in [0.2, 0.25) is 0 Å². The van der Waals surface area contributed by atoms with Gasteiger partial charge in [-0.05, 0) is 61.8 Å². The number of piperidine rings is 1. The van der Waals surface area contributed by atoms with Crippen molar-refractivity contribution in [3.63, 3.8) is 0 Å². The van der Waals surface area contributed by atoms with Gasteiger partial charge in [-0.1, -0.05) is 55.5 Å². The Balaban J connectivity index is 1.36. The summed E-state index contributed by atoms with van der Waals surface area (Å²) >= 11 is 0. The van der Waals surface area contributed by atoms with Gasteiger partial charge < -0.3 is 15.0 Å². The maximum absolute atomic E-state index is 12.8. The Bertz CT molecular complexity index is 1020. The van der Waals surface area contributed by atoms with Crippen LogP contribution in [-0.2, 0) is 4.79 Å². The predicted molar refractivity (Wildman–Crippen MR) is 128 cm³/mol. The van der Waals surface area contributed by atoms with Crippen molar-refractivity contribution in [2.45, 2.75) is 45.8 Å². The quantitative estimate of drug-likeness (QED) is 0.559. The molecule has 0 aliphatic carbocycles. The van der Waals surface area contributed by atoms with Gasteiger partial charge >= 0.3 is 0 Å². The van der Waals surface area contributed by atoms with Gasteiger partial charge in [0.25, 0.3) is 5.91 Å². The topological polar surface area (TPSA) is 41.6 Å². The summed E-state index contributed by atoms with van der Waals surface area (Å²) in [6.07, 6.45) is 1.92. The minimum absolute atomic E-state index is 0.0819. The van der Waals surface area contributed by atoms with E-state index in [1.165, 1.54) is 18.5 Å². The van der Waals surface area contributed by atoms with Crippen LogP contribution in [0.5, 0.6) is 5.75 Å². The molecule has 3 aromatic carbocycles. The van der Waals surface area contributed by atoms with Crippen LogP contribution in [0.1, 0.15) is 45.2 Å². The van der Waals surface area contributed by atoms with Crippen molar-refractivity contribution in [2.75, 3.05) is 18.0 Å². The molecule has 4 rings (SSSR count). The number of ether oxygens (including phenoxy) is 1. The fourth-order valence-electron chi connectivity index (χ4n) is 4.20. The molecule has 1 aliphatic heterocycles. The summed E-state index contributed by atoms with van der Waals surface area (Å²) in [5, 5.41) is 5.21. The third kappa shape index (κ3) is 5.01. The van der Waals surface area contributed by atoms with E-state index in [0.29, 0.717) is 0 Å². The fraction of sp³-hybridized carbons (Fsp3) is 0.370. The first-order chi connectivity index (χ1) is 15.0. The number of hydrogen-bond donors (Lipinski definition) is 1. The van der Waals surface area contributed by atoms with E-state index in [-0.39, 0.29) is 11.9 Å². The number of fused-ring (bicyclic) bond motifs is 1. The molecule has 0 saturated carbocycles. The molecule has 0 bridgehead atoms. The van der Waals surface area contributed by atoms with E-state index in [0.717, 1.165) is 41.1 Å². The van der Waals surface area contributed by atoms with E-state index >= 15 is 0 Å². The molecule has 4 nitrogen and oxygen atoms in total. The zero-order valence-corrected chi connectivity index (χ0v) is 18.7. The number of carbonyl (C=O) groups excluding carboxylic acids is 1. The van der Waals surface area contributed by atoms with Crippen molar-refractivity contribution < 1.29 is 9.53 Å². The van der Waals surface area contributed by atoms with Gasteiger partial charge in [-0.25, -0.2) is 0 Å². The van der Waals surface area contributed by atoms with Crippen molar-refractivity contribution in [3.05, 3.63) is 72.3 Å². The van der Waals surface area contributed by atoms with Crippen LogP contribution in [0.3, 0.4) is 0 Å². The molecule has 0 aromatic heterocycles. The summed E-state index contributed by atoms with van der Waals surface area (Å²) in [7, 11) is 0. The second-order valence-corrected chi connectivity index (χ2v) is 8.73. The number of nitrogens with zero attached hydrogens (tertiary/aromatic N) is 1. The van der Waals surface area contributed by atoms with Crippen molar-refractivity contribution >= 4 is 22.4 Å². The second kappa shape index (κ2) is 9.42. The van der Waals surface area contributed by atoms with Gasteiger partial charge in [0.05, 0.1) is 6.04 Å².